The van der Waals surface area contributed by atoms with Crippen LogP contribution in [0.3, 0.4) is 0 Å². The fourth-order valence-corrected chi connectivity index (χ4v) is 2.79. The predicted molar refractivity (Wildman–Crippen MR) is 100.0 cm³/mol. The summed E-state index contributed by atoms with van der Waals surface area (Å²) < 4.78 is 1.05. The van der Waals surface area contributed by atoms with Crippen LogP contribution in [0.25, 0.3) is 0 Å². The fourth-order valence-electron chi connectivity index (χ4n) is 2.35. The van der Waals surface area contributed by atoms with Crippen LogP contribution in [0, 0.1) is 6.92 Å². The molecule has 0 bridgehead atoms. The van der Waals surface area contributed by atoms with Gasteiger partial charge in [-0.25, -0.2) is 0 Å². The van der Waals surface area contributed by atoms with Crippen LogP contribution in [-0.4, -0.2) is 12.5 Å². The van der Waals surface area contributed by atoms with E-state index in [4.69, 9.17) is 11.6 Å². The molecule has 0 aliphatic carbocycles. The second kappa shape index (κ2) is 8.48. The molecule has 0 aliphatic heterocycles. The van der Waals surface area contributed by atoms with Crippen molar-refractivity contribution in [3.05, 3.63) is 63.1 Å². The Morgan fingerprint density at radius 1 is 1.22 bits per heavy atom. The molecular weight excluding hydrogens is 376 g/mol. The summed E-state index contributed by atoms with van der Waals surface area (Å²) in [6.07, 6.45) is 0.908. The number of hydrogen-bond donors (Lipinski definition) is 2. The van der Waals surface area contributed by atoms with E-state index in [-0.39, 0.29) is 18.5 Å². The lowest BCUT2D eigenvalue weighted by atomic mass is 10.0. The molecular formula is C18H20BrClN2O. The lowest BCUT2D eigenvalue weighted by Crippen LogP contribution is -2.31. The van der Waals surface area contributed by atoms with E-state index in [1.54, 1.807) is 0 Å². The highest BCUT2D eigenvalue weighted by Gasteiger charge is 2.12. The summed E-state index contributed by atoms with van der Waals surface area (Å²) in [7, 11) is 0. The average Bonchev–Trinajstić information content (AvgIpc) is 2.54. The van der Waals surface area contributed by atoms with E-state index in [2.05, 4.69) is 45.6 Å². The summed E-state index contributed by atoms with van der Waals surface area (Å²) in [5.74, 6) is -0.0778. The van der Waals surface area contributed by atoms with Crippen molar-refractivity contribution in [3.8, 4) is 0 Å². The van der Waals surface area contributed by atoms with E-state index in [1.807, 2.05) is 37.3 Å². The molecule has 122 valence electrons. The largest absolute Gasteiger partial charge is 0.325 e. The minimum atomic E-state index is -0.0778. The lowest BCUT2D eigenvalue weighted by molar-refractivity contribution is -0.115. The summed E-state index contributed by atoms with van der Waals surface area (Å²) in [6, 6.07) is 13.8. The van der Waals surface area contributed by atoms with Crippen LogP contribution in [0.15, 0.2) is 46.9 Å². The molecule has 2 N–H and O–H groups in total. The molecule has 1 amide bonds. The highest BCUT2D eigenvalue weighted by atomic mass is 79.9. The molecule has 0 saturated carbocycles. The van der Waals surface area contributed by atoms with Gasteiger partial charge in [0.15, 0.2) is 0 Å². The quantitative estimate of drug-likeness (QED) is 0.715. The van der Waals surface area contributed by atoms with Crippen molar-refractivity contribution in [1.29, 1.82) is 0 Å². The van der Waals surface area contributed by atoms with Gasteiger partial charge in [-0.15, -0.1) is 0 Å². The van der Waals surface area contributed by atoms with Gasteiger partial charge in [-0.05, 0) is 48.7 Å². The molecule has 2 rings (SSSR count). The van der Waals surface area contributed by atoms with Crippen molar-refractivity contribution < 1.29 is 4.79 Å². The van der Waals surface area contributed by atoms with Gasteiger partial charge < -0.3 is 10.6 Å². The minimum absolute atomic E-state index is 0.0778. The minimum Gasteiger partial charge on any atom is -0.325 e. The highest BCUT2D eigenvalue weighted by molar-refractivity contribution is 9.10. The van der Waals surface area contributed by atoms with Gasteiger partial charge in [0, 0.05) is 21.2 Å². The van der Waals surface area contributed by atoms with Gasteiger partial charge in [0.2, 0.25) is 5.91 Å². The van der Waals surface area contributed by atoms with Gasteiger partial charge in [0.25, 0.3) is 0 Å². The molecule has 0 aliphatic rings. The molecule has 0 saturated heterocycles. The van der Waals surface area contributed by atoms with E-state index < -0.39 is 0 Å². The summed E-state index contributed by atoms with van der Waals surface area (Å²) in [5.41, 5.74) is 2.80. The van der Waals surface area contributed by atoms with Gasteiger partial charge in [0.05, 0.1) is 6.54 Å². The molecule has 3 nitrogen and oxygen atoms in total. The van der Waals surface area contributed by atoms with Crippen LogP contribution in [0.2, 0.25) is 5.02 Å². The molecule has 2 aromatic rings. The number of hydrogen-bond acceptors (Lipinski definition) is 2. The summed E-state index contributed by atoms with van der Waals surface area (Å²) in [6.45, 7) is 4.24. The first-order chi connectivity index (χ1) is 11.0. The standard InChI is InChI=1S/C18H20BrClN2O/c1-3-16(13-7-9-14(19)10-8-13)21-11-18(23)22-17-6-4-5-15(20)12(17)2/h4-10,16,21H,3,11H2,1-2H3,(H,22,23)/t16-/m1/s1. The monoisotopic (exact) mass is 394 g/mol. The van der Waals surface area contributed by atoms with Crippen LogP contribution < -0.4 is 10.6 Å². The molecule has 0 aromatic heterocycles. The van der Waals surface area contributed by atoms with Crippen LogP contribution in [0.4, 0.5) is 5.69 Å². The maximum Gasteiger partial charge on any atom is 0.238 e. The van der Waals surface area contributed by atoms with E-state index in [9.17, 15) is 4.79 Å². The topological polar surface area (TPSA) is 41.1 Å². The van der Waals surface area contributed by atoms with Crippen LogP contribution in [0.5, 0.6) is 0 Å². The third-order valence-corrected chi connectivity index (χ3v) is 4.67. The third-order valence-electron chi connectivity index (χ3n) is 3.73. The van der Waals surface area contributed by atoms with E-state index in [1.165, 1.54) is 5.56 Å². The Hall–Kier alpha value is -1.36. The van der Waals surface area contributed by atoms with E-state index >= 15 is 0 Å². The first-order valence-corrected chi connectivity index (χ1v) is 8.72. The van der Waals surface area contributed by atoms with Gasteiger partial charge in [-0.2, -0.15) is 0 Å². The number of carbonyl (C=O) groups is 1. The Balaban J connectivity index is 1.94. The van der Waals surface area contributed by atoms with Crippen molar-refractivity contribution in [2.24, 2.45) is 0 Å². The van der Waals surface area contributed by atoms with Crippen LogP contribution in [-0.2, 0) is 4.79 Å². The number of amides is 1. The summed E-state index contributed by atoms with van der Waals surface area (Å²) in [5, 5.41) is 6.85. The first kappa shape index (κ1) is 18.0. The lowest BCUT2D eigenvalue weighted by Gasteiger charge is -2.18. The Kier molecular flexibility index (Phi) is 6.63. The molecule has 0 fully saturated rings. The maximum atomic E-state index is 12.2. The number of benzene rings is 2. The van der Waals surface area contributed by atoms with Crippen LogP contribution in [0.1, 0.15) is 30.5 Å². The van der Waals surface area contributed by atoms with Crippen LogP contribution >= 0.6 is 27.5 Å². The smallest absolute Gasteiger partial charge is 0.238 e. The molecule has 0 unspecified atom stereocenters. The highest BCUT2D eigenvalue weighted by Crippen LogP contribution is 2.23. The predicted octanol–water partition coefficient (Wildman–Crippen LogP) is 5.09. The number of rotatable bonds is 6. The van der Waals surface area contributed by atoms with E-state index in [0.29, 0.717) is 5.02 Å². The first-order valence-electron chi connectivity index (χ1n) is 7.55. The zero-order chi connectivity index (χ0) is 16.8. The molecule has 0 spiro atoms. The molecule has 2 aromatic carbocycles. The van der Waals surface area contributed by atoms with Gasteiger partial charge in [0.1, 0.15) is 0 Å². The zero-order valence-electron chi connectivity index (χ0n) is 13.2. The Morgan fingerprint density at radius 2 is 1.91 bits per heavy atom. The average molecular weight is 396 g/mol. The van der Waals surface area contributed by atoms with Gasteiger partial charge in [-0.1, -0.05) is 52.7 Å². The third kappa shape index (κ3) is 5.06. The van der Waals surface area contributed by atoms with Crippen molar-refractivity contribution in [1.82, 2.24) is 5.32 Å². The summed E-state index contributed by atoms with van der Waals surface area (Å²) >= 11 is 9.50. The Bertz CT molecular complexity index is 673. The number of carbonyl (C=O) groups excluding carboxylic acids is 1. The van der Waals surface area contributed by atoms with Crippen molar-refractivity contribution in [2.45, 2.75) is 26.3 Å². The molecule has 5 heteroatoms. The number of nitrogens with one attached hydrogen (secondary N) is 2. The van der Waals surface area contributed by atoms with E-state index in [0.717, 1.165) is 22.1 Å². The summed E-state index contributed by atoms with van der Waals surface area (Å²) in [4.78, 5) is 12.2. The Morgan fingerprint density at radius 3 is 2.57 bits per heavy atom. The van der Waals surface area contributed by atoms with Crippen molar-refractivity contribution >= 4 is 39.1 Å². The number of halogens is 2. The molecule has 0 heterocycles. The zero-order valence-corrected chi connectivity index (χ0v) is 15.5. The SMILES string of the molecule is CC[C@@H](NCC(=O)Nc1cccc(Cl)c1C)c1ccc(Br)cc1. The normalized spacial score (nSPS) is 12.0. The van der Waals surface area contributed by atoms with Gasteiger partial charge >= 0.3 is 0 Å². The second-order valence-electron chi connectivity index (χ2n) is 5.35. The second-order valence-corrected chi connectivity index (χ2v) is 6.68. The van der Waals surface area contributed by atoms with Gasteiger partial charge in [-0.3, -0.25) is 4.79 Å². The number of anilines is 1. The maximum absolute atomic E-state index is 12.2. The fraction of sp³-hybridized carbons (Fsp3) is 0.278. The molecule has 23 heavy (non-hydrogen) atoms. The molecule has 1 atom stereocenters. The molecule has 0 radical (unpaired) electrons. The van der Waals surface area contributed by atoms with Crippen molar-refractivity contribution in [2.75, 3.05) is 11.9 Å². The van der Waals surface area contributed by atoms with Crippen molar-refractivity contribution in [3.63, 3.8) is 0 Å². The Labute approximate surface area is 150 Å².